The molecule has 0 radical (unpaired) electrons. The smallest absolute Gasteiger partial charge is 0.251 e. The van der Waals surface area contributed by atoms with Gasteiger partial charge in [0.05, 0.1) is 13.2 Å². The lowest BCUT2D eigenvalue weighted by Crippen LogP contribution is -2.19. The molecule has 17 heavy (non-hydrogen) atoms. The van der Waals surface area contributed by atoms with Gasteiger partial charge in [0.1, 0.15) is 5.15 Å². The maximum Gasteiger partial charge on any atom is 0.251 e. The summed E-state index contributed by atoms with van der Waals surface area (Å²) < 4.78 is 1.50. The van der Waals surface area contributed by atoms with Crippen LogP contribution in [0.5, 0.6) is 0 Å². The van der Waals surface area contributed by atoms with E-state index in [1.165, 1.54) is 10.6 Å². The van der Waals surface area contributed by atoms with Crippen LogP contribution in [0.15, 0.2) is 47.3 Å². The summed E-state index contributed by atoms with van der Waals surface area (Å²) in [6, 6.07) is 12.2. The van der Waals surface area contributed by atoms with Crippen LogP contribution < -0.4 is 5.56 Å². The van der Waals surface area contributed by atoms with Gasteiger partial charge in [0, 0.05) is 6.07 Å². The van der Waals surface area contributed by atoms with Gasteiger partial charge in [-0.05, 0) is 17.2 Å². The van der Waals surface area contributed by atoms with E-state index in [1.807, 2.05) is 24.3 Å². The number of aliphatic hydroxyl groups excluding tert-OH is 1. The van der Waals surface area contributed by atoms with Gasteiger partial charge in [-0.2, -0.15) is 0 Å². The Labute approximate surface area is 104 Å². The molecule has 0 aliphatic carbocycles. The van der Waals surface area contributed by atoms with Crippen molar-refractivity contribution in [2.45, 2.75) is 13.2 Å². The molecule has 0 atom stereocenters. The first kappa shape index (κ1) is 11.9. The van der Waals surface area contributed by atoms with Gasteiger partial charge >= 0.3 is 0 Å². The molecule has 0 fully saturated rings. The van der Waals surface area contributed by atoms with Gasteiger partial charge in [-0.3, -0.25) is 9.36 Å². The summed E-state index contributed by atoms with van der Waals surface area (Å²) in [4.78, 5) is 11.6. The standard InChI is InChI=1S/C13H12ClNO2/c14-12-2-1-3-13(17)15(12)8-10-4-6-11(9-16)7-5-10/h1-7,16H,8-9H2. The zero-order valence-electron chi connectivity index (χ0n) is 9.14. The van der Waals surface area contributed by atoms with Gasteiger partial charge < -0.3 is 5.11 Å². The third kappa shape index (κ3) is 2.75. The number of aliphatic hydroxyl groups is 1. The molecule has 2 rings (SSSR count). The number of nitrogens with zero attached hydrogens (tertiary/aromatic N) is 1. The fourth-order valence-electron chi connectivity index (χ4n) is 1.58. The monoisotopic (exact) mass is 249 g/mol. The van der Waals surface area contributed by atoms with E-state index in [1.54, 1.807) is 12.1 Å². The molecule has 88 valence electrons. The highest BCUT2D eigenvalue weighted by Crippen LogP contribution is 2.10. The molecule has 0 spiro atoms. The lowest BCUT2D eigenvalue weighted by molar-refractivity contribution is 0.282. The van der Waals surface area contributed by atoms with Gasteiger partial charge in [-0.1, -0.05) is 41.9 Å². The molecule has 0 aliphatic rings. The SMILES string of the molecule is O=c1cccc(Cl)n1Cc1ccc(CO)cc1. The van der Waals surface area contributed by atoms with E-state index in [0.717, 1.165) is 11.1 Å². The second-order valence-corrected chi connectivity index (χ2v) is 4.13. The molecule has 0 saturated carbocycles. The van der Waals surface area contributed by atoms with Crippen LogP contribution in [0.3, 0.4) is 0 Å². The van der Waals surface area contributed by atoms with E-state index in [0.29, 0.717) is 11.7 Å². The van der Waals surface area contributed by atoms with Gasteiger partial charge in [-0.15, -0.1) is 0 Å². The van der Waals surface area contributed by atoms with Crippen LogP contribution in [0, 0.1) is 0 Å². The quantitative estimate of drug-likeness (QED) is 0.846. The lowest BCUT2D eigenvalue weighted by Gasteiger charge is -2.08. The highest BCUT2D eigenvalue weighted by Gasteiger charge is 2.02. The molecule has 0 amide bonds. The molecular formula is C13H12ClNO2. The van der Waals surface area contributed by atoms with Crippen LogP contribution in [0.1, 0.15) is 11.1 Å². The Morgan fingerprint density at radius 2 is 1.71 bits per heavy atom. The highest BCUT2D eigenvalue weighted by atomic mass is 35.5. The molecule has 0 unspecified atom stereocenters. The van der Waals surface area contributed by atoms with Gasteiger partial charge in [0.25, 0.3) is 5.56 Å². The molecule has 0 bridgehead atoms. The Kier molecular flexibility index (Phi) is 3.61. The third-order valence-electron chi connectivity index (χ3n) is 2.54. The Morgan fingerprint density at radius 3 is 2.29 bits per heavy atom. The van der Waals surface area contributed by atoms with Crippen molar-refractivity contribution >= 4 is 11.6 Å². The summed E-state index contributed by atoms with van der Waals surface area (Å²) >= 11 is 5.96. The number of benzene rings is 1. The summed E-state index contributed by atoms with van der Waals surface area (Å²) in [5, 5.41) is 9.35. The minimum absolute atomic E-state index is 0.0202. The van der Waals surface area contributed by atoms with Gasteiger partial charge in [0.2, 0.25) is 0 Å². The van der Waals surface area contributed by atoms with Crippen LogP contribution >= 0.6 is 11.6 Å². The number of pyridine rings is 1. The minimum atomic E-state index is -0.122. The average Bonchev–Trinajstić information content (AvgIpc) is 2.35. The molecule has 3 nitrogen and oxygen atoms in total. The molecule has 1 aromatic heterocycles. The van der Waals surface area contributed by atoms with Crippen molar-refractivity contribution in [1.82, 2.24) is 4.57 Å². The fraction of sp³-hybridized carbons (Fsp3) is 0.154. The first-order valence-corrected chi connectivity index (χ1v) is 5.62. The normalized spacial score (nSPS) is 10.5. The minimum Gasteiger partial charge on any atom is -0.392 e. The van der Waals surface area contributed by atoms with Crippen molar-refractivity contribution in [3.05, 3.63) is 69.1 Å². The van der Waals surface area contributed by atoms with Crippen LogP contribution in [0.4, 0.5) is 0 Å². The topological polar surface area (TPSA) is 42.2 Å². The summed E-state index contributed by atoms with van der Waals surface area (Å²) in [6.07, 6.45) is 0. The van der Waals surface area contributed by atoms with Gasteiger partial charge in [0.15, 0.2) is 0 Å². The van der Waals surface area contributed by atoms with Crippen LogP contribution in [0.25, 0.3) is 0 Å². The first-order valence-electron chi connectivity index (χ1n) is 5.25. The maximum atomic E-state index is 11.6. The Hall–Kier alpha value is -1.58. The molecule has 4 heteroatoms. The fourth-order valence-corrected chi connectivity index (χ4v) is 1.80. The first-order chi connectivity index (χ1) is 8.20. The Morgan fingerprint density at radius 1 is 1.06 bits per heavy atom. The predicted octanol–water partition coefficient (Wildman–Crippen LogP) is 2.04. The maximum absolute atomic E-state index is 11.6. The van der Waals surface area contributed by atoms with E-state index < -0.39 is 0 Å². The molecule has 0 aliphatic heterocycles. The van der Waals surface area contributed by atoms with Crippen LogP contribution in [-0.4, -0.2) is 9.67 Å². The summed E-state index contributed by atoms with van der Waals surface area (Å²) in [5.74, 6) is 0. The zero-order valence-corrected chi connectivity index (χ0v) is 9.89. The molecule has 1 heterocycles. The van der Waals surface area contributed by atoms with Crippen molar-refractivity contribution in [1.29, 1.82) is 0 Å². The van der Waals surface area contributed by atoms with Crippen LogP contribution in [-0.2, 0) is 13.2 Å². The molecular weight excluding hydrogens is 238 g/mol. The Bertz CT molecular complexity index is 560. The number of hydrogen-bond acceptors (Lipinski definition) is 2. The summed E-state index contributed by atoms with van der Waals surface area (Å²) in [7, 11) is 0. The molecule has 2 aromatic rings. The van der Waals surface area contributed by atoms with Crippen molar-refractivity contribution in [2.24, 2.45) is 0 Å². The summed E-state index contributed by atoms with van der Waals surface area (Å²) in [6.45, 7) is 0.455. The number of halogens is 1. The molecule has 1 N–H and O–H groups in total. The van der Waals surface area contributed by atoms with Crippen molar-refractivity contribution < 1.29 is 5.11 Å². The van der Waals surface area contributed by atoms with Crippen molar-refractivity contribution in [3.63, 3.8) is 0 Å². The van der Waals surface area contributed by atoms with Crippen molar-refractivity contribution in [2.75, 3.05) is 0 Å². The number of hydrogen-bond donors (Lipinski definition) is 1. The third-order valence-corrected chi connectivity index (χ3v) is 2.87. The van der Waals surface area contributed by atoms with Crippen molar-refractivity contribution in [3.8, 4) is 0 Å². The van der Waals surface area contributed by atoms with Gasteiger partial charge in [-0.25, -0.2) is 0 Å². The van der Waals surface area contributed by atoms with Crippen LogP contribution in [0.2, 0.25) is 5.15 Å². The number of aromatic nitrogens is 1. The average molecular weight is 250 g/mol. The second-order valence-electron chi connectivity index (χ2n) is 3.75. The van der Waals surface area contributed by atoms with E-state index in [4.69, 9.17) is 16.7 Å². The van der Waals surface area contributed by atoms with E-state index in [-0.39, 0.29) is 12.2 Å². The molecule has 1 aromatic carbocycles. The largest absolute Gasteiger partial charge is 0.392 e. The van der Waals surface area contributed by atoms with E-state index in [9.17, 15) is 4.79 Å². The molecule has 0 saturated heterocycles. The van der Waals surface area contributed by atoms with E-state index >= 15 is 0 Å². The summed E-state index contributed by atoms with van der Waals surface area (Å²) in [5.41, 5.74) is 1.70. The number of rotatable bonds is 3. The second kappa shape index (κ2) is 5.17. The predicted molar refractivity (Wildman–Crippen MR) is 67.2 cm³/mol. The lowest BCUT2D eigenvalue weighted by atomic mass is 10.1. The Balaban J connectivity index is 2.28. The zero-order chi connectivity index (χ0) is 12.3. The highest BCUT2D eigenvalue weighted by molar-refractivity contribution is 6.29. The van der Waals surface area contributed by atoms with E-state index in [2.05, 4.69) is 0 Å².